The molecule has 1 aromatic carbocycles. The molecule has 0 saturated heterocycles. The first-order valence-electron chi connectivity index (χ1n) is 8.04. The minimum atomic E-state index is -0.486. The van der Waals surface area contributed by atoms with Crippen LogP contribution in [-0.4, -0.2) is 23.8 Å². The lowest BCUT2D eigenvalue weighted by molar-refractivity contribution is 0.0482. The average Bonchev–Trinajstić information content (AvgIpc) is 2.41. The van der Waals surface area contributed by atoms with Gasteiger partial charge in [-0.15, -0.1) is 0 Å². The highest BCUT2D eigenvalue weighted by Crippen LogP contribution is 2.17. The van der Waals surface area contributed by atoms with E-state index >= 15 is 0 Å². The summed E-state index contributed by atoms with van der Waals surface area (Å²) < 4.78 is 5.39. The molecule has 2 N–H and O–H groups in total. The Bertz CT molecular complexity index is 452. The largest absolute Gasteiger partial charge is 0.444 e. The molecule has 2 atom stereocenters. The van der Waals surface area contributed by atoms with Crippen LogP contribution in [0.2, 0.25) is 0 Å². The second-order valence-electron chi connectivity index (χ2n) is 6.94. The number of hydrogen-bond donors (Lipinski definition) is 2. The van der Waals surface area contributed by atoms with Crippen molar-refractivity contribution in [1.82, 2.24) is 5.32 Å². The van der Waals surface area contributed by atoms with E-state index in [9.17, 15) is 4.79 Å². The first-order valence-corrected chi connectivity index (χ1v) is 8.04. The van der Waals surface area contributed by atoms with Crippen LogP contribution in [0.4, 0.5) is 10.5 Å². The summed E-state index contributed by atoms with van der Waals surface area (Å²) in [4.78, 5) is 12.1. The molecule has 4 nitrogen and oxygen atoms in total. The Hall–Kier alpha value is -1.71. The van der Waals surface area contributed by atoms with E-state index in [1.54, 1.807) is 0 Å². The van der Waals surface area contributed by atoms with Crippen LogP contribution in [0.5, 0.6) is 0 Å². The number of anilines is 1. The van der Waals surface area contributed by atoms with Gasteiger partial charge in [0.2, 0.25) is 0 Å². The number of para-hydroxylation sites is 1. The van der Waals surface area contributed by atoms with Gasteiger partial charge in [-0.05, 0) is 45.2 Å². The van der Waals surface area contributed by atoms with Crippen molar-refractivity contribution in [1.29, 1.82) is 0 Å². The molecule has 0 fully saturated rings. The Labute approximate surface area is 134 Å². The fourth-order valence-corrected chi connectivity index (χ4v) is 2.37. The second kappa shape index (κ2) is 8.06. The maximum atomic E-state index is 12.1. The zero-order chi connectivity index (χ0) is 16.8. The van der Waals surface area contributed by atoms with E-state index in [1.807, 2.05) is 51.1 Å². The molecule has 0 bridgehead atoms. The molecule has 4 heteroatoms. The van der Waals surface area contributed by atoms with Crippen molar-refractivity contribution in [2.75, 3.05) is 5.32 Å². The first kappa shape index (κ1) is 18.3. The van der Waals surface area contributed by atoms with Gasteiger partial charge in [0.1, 0.15) is 5.60 Å². The van der Waals surface area contributed by atoms with Crippen molar-refractivity contribution < 1.29 is 9.53 Å². The number of amides is 1. The third-order valence-electron chi connectivity index (χ3n) is 3.40. The SMILES string of the molecule is CC[C@@H](Nc1ccccc1)[C@H](NC(=O)OC(C)(C)C)C(C)C. The van der Waals surface area contributed by atoms with Crippen molar-refractivity contribution in [2.24, 2.45) is 5.92 Å². The number of alkyl carbamates (subject to hydrolysis) is 1. The minimum Gasteiger partial charge on any atom is -0.444 e. The van der Waals surface area contributed by atoms with Crippen LogP contribution in [0.3, 0.4) is 0 Å². The standard InChI is InChI=1S/C18H30N2O2/c1-7-15(19-14-11-9-8-10-12-14)16(13(2)3)20-17(21)22-18(4,5)6/h8-13,15-16,19H,7H2,1-6H3,(H,20,21)/t15-,16-/m1/s1. The molecule has 1 amide bonds. The molecule has 0 unspecified atom stereocenters. The highest BCUT2D eigenvalue weighted by molar-refractivity contribution is 5.68. The molecule has 0 aliphatic heterocycles. The lowest BCUT2D eigenvalue weighted by atomic mass is 9.94. The van der Waals surface area contributed by atoms with E-state index in [2.05, 4.69) is 31.4 Å². The van der Waals surface area contributed by atoms with E-state index in [1.165, 1.54) is 0 Å². The van der Waals surface area contributed by atoms with Gasteiger partial charge >= 0.3 is 6.09 Å². The third kappa shape index (κ3) is 6.37. The molecule has 0 heterocycles. The van der Waals surface area contributed by atoms with Crippen molar-refractivity contribution >= 4 is 11.8 Å². The van der Waals surface area contributed by atoms with E-state index in [0.717, 1.165) is 12.1 Å². The lowest BCUT2D eigenvalue weighted by Crippen LogP contribution is -2.50. The summed E-state index contributed by atoms with van der Waals surface area (Å²) in [5.41, 5.74) is 0.575. The predicted molar refractivity (Wildman–Crippen MR) is 92.1 cm³/mol. The van der Waals surface area contributed by atoms with Crippen LogP contribution in [0.25, 0.3) is 0 Å². The average molecular weight is 306 g/mol. The molecule has 124 valence electrons. The van der Waals surface area contributed by atoms with Crippen LogP contribution >= 0.6 is 0 Å². The molecule has 0 spiro atoms. The van der Waals surface area contributed by atoms with Gasteiger partial charge in [0, 0.05) is 11.7 Å². The van der Waals surface area contributed by atoms with E-state index < -0.39 is 5.60 Å². The maximum Gasteiger partial charge on any atom is 0.407 e. The molecule has 1 aromatic rings. The van der Waals surface area contributed by atoms with Crippen molar-refractivity contribution in [3.63, 3.8) is 0 Å². The van der Waals surface area contributed by atoms with Crippen LogP contribution in [0.15, 0.2) is 30.3 Å². The molecular formula is C18H30N2O2. The number of rotatable bonds is 6. The molecular weight excluding hydrogens is 276 g/mol. The van der Waals surface area contributed by atoms with Crippen LogP contribution < -0.4 is 10.6 Å². The highest BCUT2D eigenvalue weighted by Gasteiger charge is 2.27. The number of ether oxygens (including phenoxy) is 1. The summed E-state index contributed by atoms with van der Waals surface area (Å²) >= 11 is 0. The van der Waals surface area contributed by atoms with Crippen molar-refractivity contribution in [3.8, 4) is 0 Å². The summed E-state index contributed by atoms with van der Waals surface area (Å²) in [7, 11) is 0. The lowest BCUT2D eigenvalue weighted by Gasteiger charge is -2.32. The van der Waals surface area contributed by atoms with Gasteiger partial charge in [-0.3, -0.25) is 0 Å². The fourth-order valence-electron chi connectivity index (χ4n) is 2.37. The fraction of sp³-hybridized carbons (Fsp3) is 0.611. The molecule has 0 saturated carbocycles. The van der Waals surface area contributed by atoms with Gasteiger partial charge in [0.05, 0.1) is 6.04 Å². The minimum absolute atomic E-state index is 0.0000520. The Morgan fingerprint density at radius 3 is 2.23 bits per heavy atom. The normalized spacial score (nSPS) is 14.3. The van der Waals surface area contributed by atoms with Gasteiger partial charge < -0.3 is 15.4 Å². The highest BCUT2D eigenvalue weighted by atomic mass is 16.6. The topological polar surface area (TPSA) is 50.4 Å². The monoisotopic (exact) mass is 306 g/mol. The summed E-state index contributed by atoms with van der Waals surface area (Å²) in [6, 6.07) is 10.2. The quantitative estimate of drug-likeness (QED) is 0.817. The van der Waals surface area contributed by atoms with Gasteiger partial charge in [0.25, 0.3) is 0 Å². The van der Waals surface area contributed by atoms with E-state index in [-0.39, 0.29) is 18.2 Å². The maximum absolute atomic E-state index is 12.1. The first-order chi connectivity index (χ1) is 10.2. The third-order valence-corrected chi connectivity index (χ3v) is 3.40. The van der Waals surface area contributed by atoms with Crippen molar-refractivity contribution in [3.05, 3.63) is 30.3 Å². The van der Waals surface area contributed by atoms with Crippen LogP contribution in [-0.2, 0) is 4.74 Å². The Balaban J connectivity index is 2.76. The summed E-state index contributed by atoms with van der Waals surface area (Å²) in [5.74, 6) is 0.300. The summed E-state index contributed by atoms with van der Waals surface area (Å²) in [5, 5.41) is 6.53. The summed E-state index contributed by atoms with van der Waals surface area (Å²) in [6.07, 6.45) is 0.549. The van der Waals surface area contributed by atoms with Crippen LogP contribution in [0.1, 0.15) is 48.0 Å². The second-order valence-corrected chi connectivity index (χ2v) is 6.94. The Morgan fingerprint density at radius 1 is 1.18 bits per heavy atom. The zero-order valence-electron chi connectivity index (χ0n) is 14.6. The number of hydrogen-bond acceptors (Lipinski definition) is 3. The van der Waals surface area contributed by atoms with Gasteiger partial charge in [-0.2, -0.15) is 0 Å². The van der Waals surface area contributed by atoms with E-state index in [0.29, 0.717) is 5.92 Å². The summed E-state index contributed by atoms with van der Waals surface area (Å²) in [6.45, 7) is 11.9. The number of carbonyl (C=O) groups is 1. The smallest absolute Gasteiger partial charge is 0.407 e. The van der Waals surface area contributed by atoms with Gasteiger partial charge in [-0.1, -0.05) is 39.0 Å². The zero-order valence-corrected chi connectivity index (χ0v) is 14.6. The number of nitrogens with one attached hydrogen (secondary N) is 2. The Morgan fingerprint density at radius 2 is 1.77 bits per heavy atom. The number of benzene rings is 1. The van der Waals surface area contributed by atoms with Crippen molar-refractivity contribution in [2.45, 2.75) is 65.6 Å². The van der Waals surface area contributed by atoms with Gasteiger partial charge in [0.15, 0.2) is 0 Å². The molecule has 0 aliphatic carbocycles. The number of carbonyl (C=O) groups excluding carboxylic acids is 1. The van der Waals surface area contributed by atoms with E-state index in [4.69, 9.17) is 4.74 Å². The molecule has 22 heavy (non-hydrogen) atoms. The molecule has 1 rings (SSSR count). The molecule has 0 aliphatic rings. The molecule has 0 radical (unpaired) electrons. The van der Waals surface area contributed by atoms with Gasteiger partial charge in [-0.25, -0.2) is 4.79 Å². The molecule has 0 aromatic heterocycles. The van der Waals surface area contributed by atoms with Crippen LogP contribution in [0, 0.1) is 5.92 Å². The Kier molecular flexibility index (Phi) is 6.72. The predicted octanol–water partition coefficient (Wildman–Crippen LogP) is 4.43.